The van der Waals surface area contributed by atoms with Gasteiger partial charge < -0.3 is 8.98 Å². The van der Waals surface area contributed by atoms with Crippen LogP contribution in [-0.4, -0.2) is 28.8 Å². The van der Waals surface area contributed by atoms with E-state index in [0.717, 1.165) is 23.6 Å². The van der Waals surface area contributed by atoms with E-state index in [1.165, 1.54) is 0 Å². The molecule has 0 aliphatic rings. The highest BCUT2D eigenvalue weighted by molar-refractivity contribution is 5.96. The summed E-state index contributed by atoms with van der Waals surface area (Å²) in [7, 11) is 3.82. The minimum Gasteiger partial charge on any atom is -0.469 e. The summed E-state index contributed by atoms with van der Waals surface area (Å²) in [6, 6.07) is 5.67. The maximum atomic E-state index is 12.1. The van der Waals surface area contributed by atoms with Gasteiger partial charge in [-0.05, 0) is 32.2 Å². The Labute approximate surface area is 107 Å². The van der Waals surface area contributed by atoms with Crippen LogP contribution in [0.1, 0.15) is 21.8 Å². The fourth-order valence-corrected chi connectivity index (χ4v) is 2.00. The molecule has 0 saturated heterocycles. The van der Waals surface area contributed by atoms with Crippen LogP contribution in [0.5, 0.6) is 0 Å². The number of likely N-dealkylation sites (N-methyl/N-ethyl adjacent to an activating group) is 1. The highest BCUT2D eigenvalue weighted by Gasteiger charge is 2.13. The number of furan rings is 1. The van der Waals surface area contributed by atoms with Gasteiger partial charge in [0.15, 0.2) is 5.78 Å². The molecule has 0 aliphatic carbocycles. The van der Waals surface area contributed by atoms with Gasteiger partial charge in [-0.2, -0.15) is 0 Å². The highest BCUT2D eigenvalue weighted by Crippen LogP contribution is 2.11. The van der Waals surface area contributed by atoms with Crippen LogP contribution in [-0.2, 0) is 13.6 Å². The van der Waals surface area contributed by atoms with Crippen LogP contribution in [0.2, 0.25) is 0 Å². The predicted octanol–water partition coefficient (Wildman–Crippen LogP) is 2.24. The van der Waals surface area contributed by atoms with Gasteiger partial charge in [0.2, 0.25) is 0 Å². The molecule has 4 heteroatoms. The van der Waals surface area contributed by atoms with Crippen molar-refractivity contribution in [2.24, 2.45) is 7.05 Å². The molecule has 18 heavy (non-hydrogen) atoms. The lowest BCUT2D eigenvalue weighted by atomic mass is 10.2. The van der Waals surface area contributed by atoms with Gasteiger partial charge in [0, 0.05) is 25.4 Å². The van der Waals surface area contributed by atoms with E-state index in [1.807, 2.05) is 54.9 Å². The van der Waals surface area contributed by atoms with Crippen LogP contribution in [0.25, 0.3) is 0 Å². The van der Waals surface area contributed by atoms with E-state index >= 15 is 0 Å². The molecular weight excluding hydrogens is 228 g/mol. The normalized spacial score (nSPS) is 11.1. The van der Waals surface area contributed by atoms with Crippen LogP contribution < -0.4 is 0 Å². The fraction of sp³-hybridized carbons (Fsp3) is 0.357. The van der Waals surface area contributed by atoms with Gasteiger partial charge in [-0.1, -0.05) is 0 Å². The summed E-state index contributed by atoms with van der Waals surface area (Å²) >= 11 is 0. The molecule has 2 aromatic heterocycles. The van der Waals surface area contributed by atoms with Crippen molar-refractivity contribution in [2.45, 2.75) is 13.5 Å². The van der Waals surface area contributed by atoms with Crippen molar-refractivity contribution < 1.29 is 9.21 Å². The number of Topliss-reactive ketones (excluding diaryl/α,β-unsaturated/α-hetero) is 1. The zero-order valence-electron chi connectivity index (χ0n) is 11.0. The van der Waals surface area contributed by atoms with Crippen LogP contribution >= 0.6 is 0 Å². The van der Waals surface area contributed by atoms with Gasteiger partial charge in [0.05, 0.1) is 18.5 Å². The first kappa shape index (κ1) is 12.6. The second-order valence-corrected chi connectivity index (χ2v) is 4.60. The van der Waals surface area contributed by atoms with E-state index in [0.29, 0.717) is 6.54 Å². The second-order valence-electron chi connectivity index (χ2n) is 4.60. The van der Waals surface area contributed by atoms with Crippen molar-refractivity contribution in [1.29, 1.82) is 0 Å². The Hall–Kier alpha value is -1.81. The molecule has 2 rings (SSSR count). The Morgan fingerprint density at radius 2 is 2.22 bits per heavy atom. The average molecular weight is 246 g/mol. The summed E-state index contributed by atoms with van der Waals surface area (Å²) < 4.78 is 7.09. The monoisotopic (exact) mass is 246 g/mol. The SMILES string of the molecule is Cc1occc1CN(C)CC(=O)c1cccn1C. The Bertz CT molecular complexity index is 539. The number of carbonyl (C=O) groups is 1. The van der Waals surface area contributed by atoms with Crippen LogP contribution in [0.15, 0.2) is 35.1 Å². The number of aromatic nitrogens is 1. The number of nitrogens with zero attached hydrogens (tertiary/aromatic N) is 2. The van der Waals surface area contributed by atoms with E-state index in [2.05, 4.69) is 0 Å². The minimum atomic E-state index is 0.131. The van der Waals surface area contributed by atoms with E-state index < -0.39 is 0 Å². The lowest BCUT2D eigenvalue weighted by Crippen LogP contribution is -2.26. The predicted molar refractivity (Wildman–Crippen MR) is 69.5 cm³/mol. The van der Waals surface area contributed by atoms with E-state index in [4.69, 9.17) is 4.42 Å². The molecule has 0 atom stereocenters. The van der Waals surface area contributed by atoms with Crippen LogP contribution in [0, 0.1) is 6.92 Å². The Morgan fingerprint density at radius 1 is 1.44 bits per heavy atom. The van der Waals surface area contributed by atoms with E-state index in [1.54, 1.807) is 6.26 Å². The van der Waals surface area contributed by atoms with Gasteiger partial charge in [-0.15, -0.1) is 0 Å². The van der Waals surface area contributed by atoms with E-state index in [-0.39, 0.29) is 5.78 Å². The maximum absolute atomic E-state index is 12.1. The smallest absolute Gasteiger partial charge is 0.193 e. The van der Waals surface area contributed by atoms with Crippen molar-refractivity contribution >= 4 is 5.78 Å². The lowest BCUT2D eigenvalue weighted by molar-refractivity contribution is 0.0934. The van der Waals surface area contributed by atoms with Gasteiger partial charge in [-0.25, -0.2) is 0 Å². The quantitative estimate of drug-likeness (QED) is 0.759. The summed E-state index contributed by atoms with van der Waals surface area (Å²) in [4.78, 5) is 14.1. The summed E-state index contributed by atoms with van der Waals surface area (Å²) in [5.74, 6) is 1.04. The Kier molecular flexibility index (Phi) is 3.67. The maximum Gasteiger partial charge on any atom is 0.193 e. The van der Waals surface area contributed by atoms with Crippen molar-refractivity contribution in [2.75, 3.05) is 13.6 Å². The zero-order chi connectivity index (χ0) is 13.1. The number of carbonyl (C=O) groups excluding carboxylic acids is 1. The summed E-state index contributed by atoms with van der Waals surface area (Å²) in [5, 5.41) is 0. The summed E-state index contributed by atoms with van der Waals surface area (Å²) in [6.07, 6.45) is 3.56. The first-order valence-electron chi connectivity index (χ1n) is 5.94. The van der Waals surface area contributed by atoms with E-state index in [9.17, 15) is 4.79 Å². The molecule has 4 nitrogen and oxygen atoms in total. The van der Waals surface area contributed by atoms with Crippen LogP contribution in [0.4, 0.5) is 0 Å². The molecule has 0 saturated carbocycles. The van der Waals surface area contributed by atoms with Gasteiger partial charge in [-0.3, -0.25) is 9.69 Å². The fourth-order valence-electron chi connectivity index (χ4n) is 2.00. The second kappa shape index (κ2) is 5.23. The molecule has 0 aromatic carbocycles. The number of hydrogen-bond donors (Lipinski definition) is 0. The van der Waals surface area contributed by atoms with Crippen molar-refractivity contribution in [3.05, 3.63) is 47.7 Å². The zero-order valence-corrected chi connectivity index (χ0v) is 11.0. The molecule has 2 aromatic rings. The molecule has 0 spiro atoms. The van der Waals surface area contributed by atoms with Gasteiger partial charge >= 0.3 is 0 Å². The molecular formula is C14H18N2O2. The number of rotatable bonds is 5. The Balaban J connectivity index is 1.96. The first-order chi connectivity index (χ1) is 8.58. The topological polar surface area (TPSA) is 38.4 Å². The number of ketones is 1. The molecule has 0 bridgehead atoms. The highest BCUT2D eigenvalue weighted by atomic mass is 16.3. The van der Waals surface area contributed by atoms with Gasteiger partial charge in [0.1, 0.15) is 5.76 Å². The van der Waals surface area contributed by atoms with Crippen LogP contribution in [0.3, 0.4) is 0 Å². The lowest BCUT2D eigenvalue weighted by Gasteiger charge is -2.15. The third-order valence-electron chi connectivity index (χ3n) is 3.05. The summed E-state index contributed by atoms with van der Waals surface area (Å²) in [5.41, 5.74) is 1.86. The standard InChI is InChI=1S/C14H18N2O2/c1-11-12(6-8-18-11)9-15(2)10-14(17)13-5-4-7-16(13)3/h4-8H,9-10H2,1-3H3. The first-order valence-corrected chi connectivity index (χ1v) is 5.94. The molecule has 96 valence electrons. The minimum absolute atomic E-state index is 0.131. The van der Waals surface area contributed by atoms with Crippen molar-refractivity contribution in [3.8, 4) is 0 Å². The van der Waals surface area contributed by atoms with Gasteiger partial charge in [0.25, 0.3) is 0 Å². The average Bonchev–Trinajstić information content (AvgIpc) is 2.88. The largest absolute Gasteiger partial charge is 0.469 e. The number of hydrogen-bond acceptors (Lipinski definition) is 3. The Morgan fingerprint density at radius 3 is 2.78 bits per heavy atom. The number of aryl methyl sites for hydroxylation is 2. The third-order valence-corrected chi connectivity index (χ3v) is 3.05. The molecule has 0 amide bonds. The van der Waals surface area contributed by atoms with Crippen molar-refractivity contribution in [1.82, 2.24) is 9.47 Å². The van der Waals surface area contributed by atoms with Crippen molar-refractivity contribution in [3.63, 3.8) is 0 Å². The molecule has 0 N–H and O–H groups in total. The summed E-state index contributed by atoms with van der Waals surface area (Å²) in [6.45, 7) is 3.06. The third kappa shape index (κ3) is 2.71. The molecule has 0 radical (unpaired) electrons. The molecule has 2 heterocycles. The molecule has 0 fully saturated rings. The molecule has 0 aliphatic heterocycles. The molecule has 0 unspecified atom stereocenters.